The molecule has 0 aliphatic rings. The molecule has 1 heterocycles. The topological polar surface area (TPSA) is 33.1 Å². The first-order chi connectivity index (χ1) is 6.33. The van der Waals surface area contributed by atoms with Gasteiger partial charge in [-0.05, 0) is 37.0 Å². The van der Waals surface area contributed by atoms with Crippen LogP contribution in [0.2, 0.25) is 0 Å². The molecule has 0 aliphatic heterocycles. The fourth-order valence-electron chi connectivity index (χ4n) is 1.19. The van der Waals surface area contributed by atoms with E-state index in [1.807, 2.05) is 12.1 Å². The largest absolute Gasteiger partial charge is 0.393 e. The van der Waals surface area contributed by atoms with Crippen LogP contribution in [0.15, 0.2) is 37.2 Å². The Morgan fingerprint density at radius 1 is 1.46 bits per heavy atom. The van der Waals surface area contributed by atoms with E-state index in [0.29, 0.717) is 6.42 Å². The van der Waals surface area contributed by atoms with Gasteiger partial charge in [-0.1, -0.05) is 6.08 Å². The summed E-state index contributed by atoms with van der Waals surface area (Å²) in [4.78, 5) is 3.93. The number of aromatic nitrogens is 1. The van der Waals surface area contributed by atoms with Crippen molar-refractivity contribution in [1.29, 1.82) is 0 Å². The maximum atomic E-state index is 9.42. The lowest BCUT2D eigenvalue weighted by Crippen LogP contribution is -2.06. The summed E-state index contributed by atoms with van der Waals surface area (Å²) in [6.07, 6.45) is 7.39. The molecule has 1 aromatic rings. The van der Waals surface area contributed by atoms with Crippen molar-refractivity contribution in [3.63, 3.8) is 0 Å². The van der Waals surface area contributed by atoms with Gasteiger partial charge in [0.2, 0.25) is 0 Å². The first kappa shape index (κ1) is 9.93. The minimum atomic E-state index is -0.259. The van der Waals surface area contributed by atoms with Gasteiger partial charge in [0, 0.05) is 12.4 Å². The molecule has 0 fully saturated rings. The van der Waals surface area contributed by atoms with Gasteiger partial charge in [0.1, 0.15) is 0 Å². The Morgan fingerprint density at radius 2 is 2.15 bits per heavy atom. The van der Waals surface area contributed by atoms with Crippen molar-refractivity contribution in [2.45, 2.75) is 25.4 Å². The lowest BCUT2D eigenvalue weighted by Gasteiger charge is -2.06. The number of aliphatic hydroxyl groups excluding tert-OH is 1. The summed E-state index contributed by atoms with van der Waals surface area (Å²) in [5.41, 5.74) is 1.22. The van der Waals surface area contributed by atoms with Crippen molar-refractivity contribution >= 4 is 0 Å². The molecule has 0 spiro atoms. The van der Waals surface area contributed by atoms with Crippen molar-refractivity contribution in [2.75, 3.05) is 0 Å². The van der Waals surface area contributed by atoms with Crippen LogP contribution in [0, 0.1) is 0 Å². The first-order valence-electron chi connectivity index (χ1n) is 4.51. The standard InChI is InChI=1S/C11H15NO/c1-2-3-11(13)5-4-10-6-8-12-9-7-10/h2,6-9,11,13H,1,3-5H2. The molecule has 0 saturated carbocycles. The number of rotatable bonds is 5. The molecule has 0 amide bonds. The van der Waals surface area contributed by atoms with Crippen LogP contribution in [-0.2, 0) is 6.42 Å². The molecule has 1 unspecified atom stereocenters. The number of aryl methyl sites for hydroxylation is 1. The van der Waals surface area contributed by atoms with Gasteiger partial charge in [-0.25, -0.2) is 0 Å². The molecule has 1 N–H and O–H groups in total. The lowest BCUT2D eigenvalue weighted by molar-refractivity contribution is 0.168. The predicted octanol–water partition coefficient (Wildman–Crippen LogP) is 1.95. The van der Waals surface area contributed by atoms with Crippen molar-refractivity contribution in [3.05, 3.63) is 42.7 Å². The zero-order valence-electron chi connectivity index (χ0n) is 7.69. The van der Waals surface area contributed by atoms with Crippen LogP contribution in [0.25, 0.3) is 0 Å². The van der Waals surface area contributed by atoms with Gasteiger partial charge in [-0.15, -0.1) is 6.58 Å². The molecule has 13 heavy (non-hydrogen) atoms. The van der Waals surface area contributed by atoms with E-state index in [4.69, 9.17) is 0 Å². The summed E-state index contributed by atoms with van der Waals surface area (Å²) in [5, 5.41) is 9.42. The third-order valence-corrected chi connectivity index (χ3v) is 1.95. The van der Waals surface area contributed by atoms with E-state index >= 15 is 0 Å². The van der Waals surface area contributed by atoms with Crippen molar-refractivity contribution in [3.8, 4) is 0 Å². The number of hydrogen-bond acceptors (Lipinski definition) is 2. The van der Waals surface area contributed by atoms with Crippen LogP contribution < -0.4 is 0 Å². The fraction of sp³-hybridized carbons (Fsp3) is 0.364. The molecule has 0 aliphatic carbocycles. The molecule has 2 heteroatoms. The summed E-state index contributed by atoms with van der Waals surface area (Å²) in [6.45, 7) is 3.59. The second-order valence-electron chi connectivity index (χ2n) is 3.07. The summed E-state index contributed by atoms with van der Waals surface area (Å²) in [5.74, 6) is 0. The van der Waals surface area contributed by atoms with Crippen molar-refractivity contribution < 1.29 is 5.11 Å². The number of pyridine rings is 1. The zero-order chi connectivity index (χ0) is 9.52. The molecule has 1 rings (SSSR count). The van der Waals surface area contributed by atoms with Crippen LogP contribution in [0.4, 0.5) is 0 Å². The second-order valence-corrected chi connectivity index (χ2v) is 3.07. The minimum Gasteiger partial charge on any atom is -0.393 e. The van der Waals surface area contributed by atoms with E-state index in [1.165, 1.54) is 5.56 Å². The molecule has 70 valence electrons. The summed E-state index contributed by atoms with van der Waals surface area (Å²) >= 11 is 0. The summed E-state index contributed by atoms with van der Waals surface area (Å²) in [7, 11) is 0. The Hall–Kier alpha value is -1.15. The zero-order valence-corrected chi connectivity index (χ0v) is 7.69. The quantitative estimate of drug-likeness (QED) is 0.697. The van der Waals surface area contributed by atoms with E-state index in [9.17, 15) is 5.11 Å². The van der Waals surface area contributed by atoms with Gasteiger partial charge in [0.05, 0.1) is 6.10 Å². The Morgan fingerprint density at radius 3 is 2.77 bits per heavy atom. The summed E-state index contributed by atoms with van der Waals surface area (Å²) in [6, 6.07) is 3.95. The van der Waals surface area contributed by atoms with Crippen LogP contribution in [0.1, 0.15) is 18.4 Å². The van der Waals surface area contributed by atoms with Crippen LogP contribution >= 0.6 is 0 Å². The lowest BCUT2D eigenvalue weighted by atomic mass is 10.1. The van der Waals surface area contributed by atoms with Gasteiger partial charge in [-0.2, -0.15) is 0 Å². The van der Waals surface area contributed by atoms with Gasteiger partial charge in [0.25, 0.3) is 0 Å². The first-order valence-corrected chi connectivity index (χ1v) is 4.51. The highest BCUT2D eigenvalue weighted by Crippen LogP contribution is 2.06. The van der Waals surface area contributed by atoms with E-state index in [1.54, 1.807) is 18.5 Å². The van der Waals surface area contributed by atoms with E-state index in [0.717, 1.165) is 12.8 Å². The highest BCUT2D eigenvalue weighted by molar-refractivity contribution is 5.09. The number of nitrogens with zero attached hydrogens (tertiary/aromatic N) is 1. The fourth-order valence-corrected chi connectivity index (χ4v) is 1.19. The average Bonchev–Trinajstić information content (AvgIpc) is 2.17. The van der Waals surface area contributed by atoms with Gasteiger partial charge in [0.15, 0.2) is 0 Å². The minimum absolute atomic E-state index is 0.259. The highest BCUT2D eigenvalue weighted by Gasteiger charge is 2.01. The van der Waals surface area contributed by atoms with Gasteiger partial charge >= 0.3 is 0 Å². The SMILES string of the molecule is C=CCC(O)CCc1ccncc1. The van der Waals surface area contributed by atoms with Crippen LogP contribution in [0.3, 0.4) is 0 Å². The Kier molecular flexibility index (Phi) is 4.19. The maximum absolute atomic E-state index is 9.42. The smallest absolute Gasteiger partial charge is 0.0577 e. The Labute approximate surface area is 78.9 Å². The van der Waals surface area contributed by atoms with E-state index in [2.05, 4.69) is 11.6 Å². The van der Waals surface area contributed by atoms with Crippen LogP contribution in [0.5, 0.6) is 0 Å². The molecule has 0 bridgehead atoms. The molecule has 0 saturated heterocycles. The predicted molar refractivity (Wildman–Crippen MR) is 53.4 cm³/mol. The van der Waals surface area contributed by atoms with Crippen LogP contribution in [-0.4, -0.2) is 16.2 Å². The van der Waals surface area contributed by atoms with E-state index in [-0.39, 0.29) is 6.10 Å². The molecule has 0 aromatic carbocycles. The third-order valence-electron chi connectivity index (χ3n) is 1.95. The maximum Gasteiger partial charge on any atom is 0.0577 e. The molecule has 1 aromatic heterocycles. The molecule has 2 nitrogen and oxygen atoms in total. The average molecular weight is 177 g/mol. The molecular weight excluding hydrogens is 162 g/mol. The Bertz CT molecular complexity index is 246. The van der Waals surface area contributed by atoms with Crippen molar-refractivity contribution in [2.24, 2.45) is 0 Å². The second kappa shape index (κ2) is 5.49. The molecule has 1 atom stereocenters. The normalized spacial score (nSPS) is 12.4. The molecule has 0 radical (unpaired) electrons. The van der Waals surface area contributed by atoms with Gasteiger partial charge in [-0.3, -0.25) is 4.98 Å². The number of hydrogen-bond donors (Lipinski definition) is 1. The monoisotopic (exact) mass is 177 g/mol. The van der Waals surface area contributed by atoms with Crippen molar-refractivity contribution in [1.82, 2.24) is 4.98 Å². The van der Waals surface area contributed by atoms with Gasteiger partial charge < -0.3 is 5.11 Å². The molecular formula is C11H15NO. The van der Waals surface area contributed by atoms with E-state index < -0.39 is 0 Å². The third kappa shape index (κ3) is 3.85. The Balaban J connectivity index is 2.30. The highest BCUT2D eigenvalue weighted by atomic mass is 16.3. The summed E-state index contributed by atoms with van der Waals surface area (Å²) < 4.78 is 0. The number of aliphatic hydroxyl groups is 1.